The molecule has 0 bridgehead atoms. The summed E-state index contributed by atoms with van der Waals surface area (Å²) in [5, 5.41) is 13.8. The second kappa shape index (κ2) is 7.50. The molecule has 0 atom stereocenters. The zero-order valence-corrected chi connectivity index (χ0v) is 15.3. The fourth-order valence-electron chi connectivity index (χ4n) is 2.32. The lowest BCUT2D eigenvalue weighted by molar-refractivity contribution is -0.384. The summed E-state index contributed by atoms with van der Waals surface area (Å²) in [7, 11) is 0. The molecular weight excluding hydrogens is 370 g/mol. The van der Waals surface area contributed by atoms with Crippen LogP contribution in [0.3, 0.4) is 0 Å². The van der Waals surface area contributed by atoms with E-state index in [1.807, 2.05) is 0 Å². The Bertz CT molecular complexity index is 1040. The van der Waals surface area contributed by atoms with Gasteiger partial charge in [0.25, 0.3) is 11.6 Å². The van der Waals surface area contributed by atoms with Gasteiger partial charge in [-0.15, -0.1) is 0 Å². The van der Waals surface area contributed by atoms with Gasteiger partial charge in [0.1, 0.15) is 0 Å². The molecule has 0 saturated heterocycles. The lowest BCUT2D eigenvalue weighted by atomic mass is 10.2. The van der Waals surface area contributed by atoms with E-state index in [2.05, 4.69) is 10.3 Å². The van der Waals surface area contributed by atoms with Crippen LogP contribution in [0.1, 0.15) is 34.6 Å². The van der Waals surface area contributed by atoms with Crippen molar-refractivity contribution in [2.24, 2.45) is 0 Å². The number of fused-ring (bicyclic) bond motifs is 1. The summed E-state index contributed by atoms with van der Waals surface area (Å²) in [5.41, 5.74) is 1.01. The molecule has 1 heterocycles. The number of nitrogens with zero attached hydrogens (tertiary/aromatic N) is 2. The Morgan fingerprint density at radius 1 is 1.19 bits per heavy atom. The molecule has 3 rings (SSSR count). The Morgan fingerprint density at radius 3 is 2.67 bits per heavy atom. The first-order chi connectivity index (χ1) is 12.8. The minimum absolute atomic E-state index is 0.157. The molecule has 0 aliphatic heterocycles. The van der Waals surface area contributed by atoms with Crippen LogP contribution in [0.2, 0.25) is 0 Å². The first-order valence-corrected chi connectivity index (χ1v) is 8.82. The topological polar surface area (TPSA) is 111 Å². The Hall–Kier alpha value is -3.33. The van der Waals surface area contributed by atoms with Crippen molar-refractivity contribution in [3.05, 3.63) is 63.7 Å². The number of nitro groups is 1. The van der Waals surface area contributed by atoms with Crippen LogP contribution < -0.4 is 5.32 Å². The molecule has 0 aliphatic rings. The van der Waals surface area contributed by atoms with Crippen molar-refractivity contribution < 1.29 is 19.2 Å². The summed E-state index contributed by atoms with van der Waals surface area (Å²) < 4.78 is 5.88. The number of anilines is 1. The largest absolute Gasteiger partial charge is 0.459 e. The number of carbonyl (C=O) groups is 2. The van der Waals surface area contributed by atoms with Crippen LogP contribution >= 0.6 is 11.3 Å². The predicted octanol–water partition coefficient (Wildman–Crippen LogP) is 4.02. The van der Waals surface area contributed by atoms with Crippen molar-refractivity contribution in [3.63, 3.8) is 0 Å². The molecule has 0 saturated carbocycles. The average molecular weight is 385 g/mol. The fraction of sp³-hybridized carbons (Fsp3) is 0.167. The van der Waals surface area contributed by atoms with Gasteiger partial charge in [0.05, 0.1) is 26.8 Å². The maximum absolute atomic E-state index is 12.3. The zero-order chi connectivity index (χ0) is 19.6. The van der Waals surface area contributed by atoms with Crippen molar-refractivity contribution >= 4 is 44.2 Å². The maximum Gasteiger partial charge on any atom is 0.338 e. The van der Waals surface area contributed by atoms with E-state index >= 15 is 0 Å². The molecule has 3 aromatic rings. The monoisotopic (exact) mass is 385 g/mol. The maximum atomic E-state index is 12.3. The van der Waals surface area contributed by atoms with Crippen molar-refractivity contribution in [1.29, 1.82) is 0 Å². The van der Waals surface area contributed by atoms with Gasteiger partial charge in [-0.3, -0.25) is 20.2 Å². The standard InChI is InChI=1S/C18H15N3O5S/c1-10(2)26-17(23)12-6-7-14-15(9-12)27-18(19-14)20-16(22)11-4-3-5-13(8-11)21(24)25/h3-10H,1-2H3,(H,19,20,22). The molecule has 0 aliphatic carbocycles. The Balaban J connectivity index is 1.81. The van der Waals surface area contributed by atoms with Gasteiger partial charge < -0.3 is 4.74 Å². The Morgan fingerprint density at radius 2 is 1.96 bits per heavy atom. The van der Waals surface area contributed by atoms with Gasteiger partial charge in [0, 0.05) is 17.7 Å². The first-order valence-electron chi connectivity index (χ1n) is 8.01. The predicted molar refractivity (Wildman–Crippen MR) is 101 cm³/mol. The van der Waals surface area contributed by atoms with Gasteiger partial charge in [-0.25, -0.2) is 9.78 Å². The number of aromatic nitrogens is 1. The minimum Gasteiger partial charge on any atom is -0.459 e. The summed E-state index contributed by atoms with van der Waals surface area (Å²) in [4.78, 5) is 38.9. The number of thiazole rings is 1. The molecule has 27 heavy (non-hydrogen) atoms. The molecule has 0 fully saturated rings. The number of nitrogens with one attached hydrogen (secondary N) is 1. The van der Waals surface area contributed by atoms with Gasteiger partial charge in [-0.05, 0) is 38.1 Å². The molecule has 0 radical (unpaired) electrons. The highest BCUT2D eigenvalue weighted by Gasteiger charge is 2.15. The van der Waals surface area contributed by atoms with E-state index in [1.165, 1.54) is 35.6 Å². The highest BCUT2D eigenvalue weighted by molar-refractivity contribution is 7.22. The number of ether oxygens (including phenoxy) is 1. The summed E-state index contributed by atoms with van der Waals surface area (Å²) in [5.74, 6) is -0.931. The van der Waals surface area contributed by atoms with Crippen molar-refractivity contribution in [2.75, 3.05) is 5.32 Å². The summed E-state index contributed by atoms with van der Waals surface area (Å²) in [6, 6.07) is 10.4. The van der Waals surface area contributed by atoms with E-state index < -0.39 is 16.8 Å². The summed E-state index contributed by atoms with van der Waals surface area (Å²) in [6.45, 7) is 3.54. The number of benzene rings is 2. The lowest BCUT2D eigenvalue weighted by Gasteiger charge is -2.07. The van der Waals surface area contributed by atoms with Gasteiger partial charge in [-0.1, -0.05) is 17.4 Å². The van der Waals surface area contributed by atoms with Crippen LogP contribution in [0.25, 0.3) is 10.2 Å². The van der Waals surface area contributed by atoms with E-state index in [9.17, 15) is 19.7 Å². The van der Waals surface area contributed by atoms with E-state index in [0.717, 1.165) is 0 Å². The molecule has 138 valence electrons. The number of rotatable bonds is 5. The number of esters is 1. The highest BCUT2D eigenvalue weighted by atomic mass is 32.1. The molecule has 1 N–H and O–H groups in total. The quantitative estimate of drug-likeness (QED) is 0.403. The van der Waals surface area contributed by atoms with Gasteiger partial charge in [0.2, 0.25) is 0 Å². The van der Waals surface area contributed by atoms with Gasteiger partial charge >= 0.3 is 5.97 Å². The van der Waals surface area contributed by atoms with Gasteiger partial charge in [-0.2, -0.15) is 0 Å². The number of amides is 1. The van der Waals surface area contributed by atoms with E-state index in [-0.39, 0.29) is 17.4 Å². The molecule has 0 unspecified atom stereocenters. The third kappa shape index (κ3) is 4.26. The van der Waals surface area contributed by atoms with Crippen LogP contribution in [-0.4, -0.2) is 27.9 Å². The van der Waals surface area contributed by atoms with Crippen LogP contribution in [0, 0.1) is 10.1 Å². The molecule has 8 nitrogen and oxygen atoms in total. The summed E-state index contributed by atoms with van der Waals surface area (Å²) in [6.07, 6.45) is -0.223. The number of carbonyl (C=O) groups excluding carboxylic acids is 2. The Kier molecular flexibility index (Phi) is 5.13. The lowest BCUT2D eigenvalue weighted by Crippen LogP contribution is -2.11. The van der Waals surface area contributed by atoms with E-state index in [1.54, 1.807) is 32.0 Å². The third-order valence-electron chi connectivity index (χ3n) is 3.51. The minimum atomic E-state index is -0.563. The van der Waals surface area contributed by atoms with Crippen LogP contribution in [0.5, 0.6) is 0 Å². The molecule has 1 aromatic heterocycles. The number of non-ortho nitro benzene ring substituents is 1. The second-order valence-corrected chi connectivity index (χ2v) is 6.95. The van der Waals surface area contributed by atoms with E-state index in [4.69, 9.17) is 4.74 Å². The SMILES string of the molecule is CC(C)OC(=O)c1ccc2nc(NC(=O)c3cccc([N+](=O)[O-])c3)sc2c1. The number of hydrogen-bond donors (Lipinski definition) is 1. The fourth-order valence-corrected chi connectivity index (χ4v) is 3.22. The zero-order valence-electron chi connectivity index (χ0n) is 14.5. The first kappa shape index (κ1) is 18.5. The molecule has 0 spiro atoms. The highest BCUT2D eigenvalue weighted by Crippen LogP contribution is 2.27. The van der Waals surface area contributed by atoms with Crippen LogP contribution in [0.15, 0.2) is 42.5 Å². The van der Waals surface area contributed by atoms with Crippen molar-refractivity contribution in [2.45, 2.75) is 20.0 Å². The van der Waals surface area contributed by atoms with Crippen molar-refractivity contribution in [1.82, 2.24) is 4.98 Å². The van der Waals surface area contributed by atoms with E-state index in [0.29, 0.717) is 20.9 Å². The second-order valence-electron chi connectivity index (χ2n) is 5.92. The smallest absolute Gasteiger partial charge is 0.338 e. The normalized spacial score (nSPS) is 10.8. The van der Waals surface area contributed by atoms with Crippen LogP contribution in [-0.2, 0) is 4.74 Å². The van der Waals surface area contributed by atoms with Crippen LogP contribution in [0.4, 0.5) is 10.8 Å². The molecule has 2 aromatic carbocycles. The number of hydrogen-bond acceptors (Lipinski definition) is 7. The molecular formula is C18H15N3O5S. The molecule has 1 amide bonds. The Labute approximate surface area is 157 Å². The molecule has 9 heteroatoms. The third-order valence-corrected chi connectivity index (χ3v) is 4.44. The summed E-state index contributed by atoms with van der Waals surface area (Å²) >= 11 is 1.20. The van der Waals surface area contributed by atoms with Gasteiger partial charge in [0.15, 0.2) is 5.13 Å². The average Bonchev–Trinajstić information content (AvgIpc) is 3.02. The number of nitro benzene ring substituents is 1. The van der Waals surface area contributed by atoms with Crippen molar-refractivity contribution in [3.8, 4) is 0 Å².